The highest BCUT2D eigenvalue weighted by Gasteiger charge is 2.45. The molecule has 0 aromatic heterocycles. The molecule has 3 aliphatic rings. The molecular weight excluding hydrogens is 1270 g/mol. The maximum atomic E-state index is 14.2. The van der Waals surface area contributed by atoms with Crippen molar-refractivity contribution in [3.8, 4) is 0 Å². The van der Waals surface area contributed by atoms with Gasteiger partial charge in [0.25, 0.3) is 0 Å². The molecule has 94 heavy (non-hydrogen) atoms. The molecule has 0 saturated carbocycles. The highest BCUT2D eigenvalue weighted by Crippen LogP contribution is 2.24. The number of carbonyl (C=O) groups excluding carboxylic acids is 20. The van der Waals surface area contributed by atoms with E-state index in [-0.39, 0.29) is 63.9 Å². The number of rotatable bonds is 35. The standard InChI is InChI=1S/C53H81N19O21S/c1-21(54)41(80)66-27(16-37(57)76)51(90)72-13-7-10-34(72)53(92)93-52(91)30(19-40(60)79)69-48(87)33-9-6-12-71(33)50(89)29(18-39(59)78)68-43(82)23(3)62-45(84)26(15-36(56)75)65-47(86)32-8-5-11-70(32)49(88)28(17-38(58)77)67-42(81)22(2)61-44(83)25(14-35(55)74)64-46(85)31(20-94)63-24(4)73/h21-23,25-34,94H,5-20,54H2,1-4H3,(H2,55,74)(H2,56,75)(H2,57,76)(H2,58,77)(H2,59,78)(H2,60,79)(H,61,83)(H,62,84)(H,63,73)(H,64,85)(H,65,86)(H,66,80)(H,67,81)(H,68,82)(H,69,87)/t21-,22-,23-,25-,26-,27-,28-,29-,30-,31-,32-,33-,34-/m0/s1. The summed E-state index contributed by atoms with van der Waals surface area (Å²) in [5, 5.41) is 20.3. The van der Waals surface area contributed by atoms with Gasteiger partial charge in [0.05, 0.1) is 44.6 Å². The van der Waals surface area contributed by atoms with Gasteiger partial charge in [0.15, 0.2) is 0 Å². The van der Waals surface area contributed by atoms with Crippen LogP contribution in [0.1, 0.15) is 105 Å². The van der Waals surface area contributed by atoms with Gasteiger partial charge in [-0.1, -0.05) is 0 Å². The van der Waals surface area contributed by atoms with Gasteiger partial charge >= 0.3 is 11.9 Å². The first kappa shape index (κ1) is 78.2. The smallest absolute Gasteiger partial charge is 0.336 e. The number of nitrogens with two attached hydrogens (primary N) is 7. The van der Waals surface area contributed by atoms with Crippen molar-refractivity contribution in [1.29, 1.82) is 0 Å². The minimum absolute atomic E-state index is 0.0766. The molecule has 3 saturated heterocycles. The zero-order valence-corrected chi connectivity index (χ0v) is 52.6. The van der Waals surface area contributed by atoms with E-state index in [1.54, 1.807) is 0 Å². The van der Waals surface area contributed by atoms with Crippen LogP contribution in [-0.2, 0) is 101 Å². The zero-order chi connectivity index (χ0) is 71.2. The number of amides is 18. The highest BCUT2D eigenvalue weighted by atomic mass is 32.1. The van der Waals surface area contributed by atoms with Gasteiger partial charge in [0.2, 0.25) is 106 Å². The number of nitrogens with one attached hydrogen (secondary N) is 9. The lowest BCUT2D eigenvalue weighted by molar-refractivity contribution is -0.167. The lowest BCUT2D eigenvalue weighted by atomic mass is 10.1. The number of nitrogens with zero attached hydrogens (tertiary/aromatic N) is 3. The molecule has 3 fully saturated rings. The van der Waals surface area contributed by atoms with Crippen molar-refractivity contribution in [3.05, 3.63) is 0 Å². The minimum atomic E-state index is -1.99. The Balaban J connectivity index is 1.74. The average Bonchev–Trinajstić information content (AvgIpc) is 1.63. The number of hydrogen-bond donors (Lipinski definition) is 17. The quantitative estimate of drug-likeness (QED) is 0.0159. The monoisotopic (exact) mass is 1350 g/mol. The fourth-order valence-corrected chi connectivity index (χ4v) is 10.3. The maximum Gasteiger partial charge on any atom is 0.336 e. The van der Waals surface area contributed by atoms with Gasteiger partial charge in [-0.25, -0.2) is 9.59 Å². The molecule has 520 valence electrons. The summed E-state index contributed by atoms with van der Waals surface area (Å²) in [6.07, 6.45) is -5.02. The molecular formula is C53H81N19O21S. The van der Waals surface area contributed by atoms with Crippen molar-refractivity contribution in [2.75, 3.05) is 25.4 Å². The normalized spacial score (nSPS) is 19.0. The van der Waals surface area contributed by atoms with E-state index in [1.807, 2.05) is 0 Å². The molecule has 0 aromatic rings. The third kappa shape index (κ3) is 23.9. The molecule has 0 aliphatic carbocycles. The average molecular weight is 1350 g/mol. The van der Waals surface area contributed by atoms with E-state index in [9.17, 15) is 95.9 Å². The van der Waals surface area contributed by atoms with Crippen LogP contribution in [-0.4, -0.2) is 237 Å². The zero-order valence-electron chi connectivity index (χ0n) is 51.7. The second-order valence-electron chi connectivity index (χ2n) is 22.4. The molecule has 41 heteroatoms. The number of primary amides is 6. The molecule has 0 aromatic carbocycles. The van der Waals surface area contributed by atoms with Gasteiger partial charge in [-0.2, -0.15) is 12.6 Å². The largest absolute Gasteiger partial charge is 0.390 e. The Morgan fingerprint density at radius 3 is 1.04 bits per heavy atom. The van der Waals surface area contributed by atoms with Crippen LogP contribution < -0.4 is 88.0 Å². The van der Waals surface area contributed by atoms with Crippen molar-refractivity contribution in [2.24, 2.45) is 40.1 Å². The Morgan fingerprint density at radius 2 is 0.691 bits per heavy atom. The minimum Gasteiger partial charge on any atom is -0.390 e. The van der Waals surface area contributed by atoms with E-state index in [2.05, 4.69) is 60.5 Å². The molecule has 23 N–H and O–H groups in total. The Labute approximate surface area is 541 Å². The first-order chi connectivity index (χ1) is 43.9. The summed E-state index contributed by atoms with van der Waals surface area (Å²) in [4.78, 5) is 263. The van der Waals surface area contributed by atoms with Crippen molar-refractivity contribution in [3.63, 3.8) is 0 Å². The van der Waals surface area contributed by atoms with Crippen LogP contribution in [0.15, 0.2) is 0 Å². The van der Waals surface area contributed by atoms with Crippen molar-refractivity contribution >= 4 is 131 Å². The fourth-order valence-electron chi connectivity index (χ4n) is 10.0. The molecule has 0 radical (unpaired) electrons. The van der Waals surface area contributed by atoms with E-state index in [1.165, 1.54) is 6.92 Å². The van der Waals surface area contributed by atoms with Crippen LogP contribution in [0.5, 0.6) is 0 Å². The molecule has 3 rings (SSSR count). The maximum absolute atomic E-state index is 14.2. The summed E-state index contributed by atoms with van der Waals surface area (Å²) in [6.45, 7) is 4.10. The number of likely N-dealkylation sites (tertiary alicyclic amines) is 3. The number of carbonyl (C=O) groups is 20. The number of hydrogen-bond acceptors (Lipinski definition) is 23. The summed E-state index contributed by atoms with van der Waals surface area (Å²) in [7, 11) is 0. The van der Waals surface area contributed by atoms with Gasteiger partial charge in [-0.15, -0.1) is 0 Å². The summed E-state index contributed by atoms with van der Waals surface area (Å²) in [5.41, 5.74) is 37.7. The van der Waals surface area contributed by atoms with Crippen molar-refractivity contribution in [2.45, 2.75) is 183 Å². The number of esters is 2. The van der Waals surface area contributed by atoms with Crippen LogP contribution in [0.25, 0.3) is 0 Å². The van der Waals surface area contributed by atoms with Gasteiger partial charge in [0, 0.05) is 32.3 Å². The fraction of sp³-hybridized carbons (Fsp3) is 0.623. The molecule has 13 atom stereocenters. The molecule has 3 heterocycles. The van der Waals surface area contributed by atoms with Gasteiger partial charge in [-0.05, 0) is 59.3 Å². The Morgan fingerprint density at radius 1 is 0.394 bits per heavy atom. The first-order valence-electron chi connectivity index (χ1n) is 29.3. The van der Waals surface area contributed by atoms with Crippen molar-refractivity contribution in [1.82, 2.24) is 62.6 Å². The van der Waals surface area contributed by atoms with Crippen LogP contribution in [0.4, 0.5) is 0 Å². The third-order valence-electron chi connectivity index (χ3n) is 14.6. The predicted octanol–water partition coefficient (Wildman–Crippen LogP) is -12.0. The summed E-state index contributed by atoms with van der Waals surface area (Å²) in [5.74, 6) is -22.2. The molecule has 3 aliphatic heterocycles. The topological polar surface area (TPSA) is 651 Å². The molecule has 0 spiro atoms. The van der Waals surface area contributed by atoms with E-state index in [0.717, 1.165) is 35.5 Å². The molecule has 0 unspecified atom stereocenters. The van der Waals surface area contributed by atoms with Gasteiger partial charge in [-0.3, -0.25) is 86.3 Å². The summed E-state index contributed by atoms with van der Waals surface area (Å²) >= 11 is 3.99. The highest BCUT2D eigenvalue weighted by molar-refractivity contribution is 7.80. The third-order valence-corrected chi connectivity index (χ3v) is 15.0. The van der Waals surface area contributed by atoms with Gasteiger partial charge in [0.1, 0.15) is 72.5 Å². The van der Waals surface area contributed by atoms with E-state index in [0.29, 0.717) is 0 Å². The molecule has 18 amide bonds. The summed E-state index contributed by atoms with van der Waals surface area (Å²) < 4.78 is 5.02. The Hall–Kier alpha value is -10.1. The lowest BCUT2D eigenvalue weighted by Gasteiger charge is -2.30. The second kappa shape index (κ2) is 36.2. The number of ether oxygens (including phenoxy) is 1. The van der Waals surface area contributed by atoms with Crippen molar-refractivity contribution < 1.29 is 101 Å². The van der Waals surface area contributed by atoms with E-state index < -0.39 is 235 Å². The summed E-state index contributed by atoms with van der Waals surface area (Å²) in [6, 6.07) is -20.8. The lowest BCUT2D eigenvalue weighted by Crippen LogP contribution is -2.60. The Bertz CT molecular complexity index is 3010. The molecule has 40 nitrogen and oxygen atoms in total. The SMILES string of the molecule is CC(=O)N[C@@H](CS)C(=O)N[C@@H](CC(N)=O)C(=O)N[C@@H](C)C(=O)N[C@@H](CC(N)=O)C(=O)N1CCC[C@H]1C(=O)N[C@@H](CC(N)=O)C(=O)N[C@@H](C)C(=O)N[C@@H](CC(N)=O)C(=O)N1CCC[C@H]1C(=O)N[C@@H](CC(N)=O)C(=O)OC(=O)[C@@H]1CCCN1C(=O)[C@H](CC(N)=O)NC(=O)[C@H](C)N. The van der Waals surface area contributed by atoms with Crippen LogP contribution in [0, 0.1) is 0 Å². The van der Waals surface area contributed by atoms with E-state index in [4.69, 9.17) is 44.9 Å². The van der Waals surface area contributed by atoms with Gasteiger partial charge < -0.3 is 107 Å². The first-order valence-corrected chi connectivity index (χ1v) is 29.9. The predicted molar refractivity (Wildman–Crippen MR) is 320 cm³/mol. The van der Waals surface area contributed by atoms with Crippen LogP contribution in [0.2, 0.25) is 0 Å². The van der Waals surface area contributed by atoms with Crippen LogP contribution in [0.3, 0.4) is 0 Å². The molecule has 0 bridgehead atoms. The number of thiol groups is 1. The second-order valence-corrected chi connectivity index (χ2v) is 22.7. The van der Waals surface area contributed by atoms with Crippen LogP contribution >= 0.6 is 12.6 Å². The Kier molecular flexibility index (Phi) is 30.1. The van der Waals surface area contributed by atoms with E-state index >= 15 is 0 Å².